The third-order valence-electron chi connectivity index (χ3n) is 5.68. The quantitative estimate of drug-likeness (QED) is 0.296. The molecule has 14 nitrogen and oxygen atoms in total. The number of carbonyl (C=O) groups is 3. The lowest BCUT2D eigenvalue weighted by Crippen LogP contribution is -2.69. The molecule has 0 spiro atoms. The number of hydrogen-bond acceptors (Lipinski definition) is 9. The van der Waals surface area contributed by atoms with Gasteiger partial charge in [-0.1, -0.05) is 30.3 Å². The van der Waals surface area contributed by atoms with Gasteiger partial charge in [-0.25, -0.2) is 14.5 Å². The van der Waals surface area contributed by atoms with Gasteiger partial charge in [-0.05, 0) is 41.6 Å². The summed E-state index contributed by atoms with van der Waals surface area (Å²) < 4.78 is 3.93. The van der Waals surface area contributed by atoms with Crippen LogP contribution in [0.1, 0.15) is 5.69 Å². The zero-order valence-electron chi connectivity index (χ0n) is 18.5. The molecule has 3 N–H and O–H groups in total. The van der Waals surface area contributed by atoms with Crippen molar-refractivity contribution in [3.05, 3.63) is 71.8 Å². The molecule has 5 aromatic rings. The fraction of sp³-hybridized carbons (Fsp3) is 0.0909. The molecule has 14 heteroatoms. The molecule has 0 bridgehead atoms. The summed E-state index contributed by atoms with van der Waals surface area (Å²) in [5.41, 5.74) is -1.08. The van der Waals surface area contributed by atoms with E-state index in [1.54, 1.807) is 41.9 Å². The largest absolute Gasteiger partial charge is 0.355 e. The first kappa shape index (κ1) is 21.3. The van der Waals surface area contributed by atoms with Crippen LogP contribution in [0, 0.1) is 6.92 Å². The Morgan fingerprint density at radius 3 is 2.33 bits per heavy atom. The van der Waals surface area contributed by atoms with Gasteiger partial charge in [0.2, 0.25) is 5.65 Å². The van der Waals surface area contributed by atoms with Gasteiger partial charge in [0.15, 0.2) is 11.3 Å². The minimum absolute atomic E-state index is 0.0399. The van der Waals surface area contributed by atoms with Crippen LogP contribution in [-0.4, -0.2) is 57.3 Å². The Bertz CT molecular complexity index is 1760. The smallest absolute Gasteiger partial charge is 0.328 e. The number of carbonyl (C=O) groups excluding carboxylic acids is 3. The predicted molar refractivity (Wildman–Crippen MR) is 122 cm³/mol. The Kier molecular flexibility index (Phi) is 4.52. The van der Waals surface area contributed by atoms with Crippen LogP contribution in [0.25, 0.3) is 22.4 Å². The molecule has 0 radical (unpaired) electrons. The maximum Gasteiger partial charge on any atom is 0.328 e. The summed E-state index contributed by atoms with van der Waals surface area (Å²) in [5.74, 6) is -2.20. The highest BCUT2D eigenvalue weighted by Gasteiger charge is 2.52. The fourth-order valence-corrected chi connectivity index (χ4v) is 4.11. The second-order valence-corrected chi connectivity index (χ2v) is 7.97. The first-order valence-corrected chi connectivity index (χ1v) is 10.7. The second-order valence-electron chi connectivity index (χ2n) is 7.97. The standard InChI is InChI=1S/C22H16N10O4/c1-12-11-16(31(27-12)13-7-3-2-4-8-13)23-17-18-26-28-29-32(18)15-10-6-5-9-14(15)30(17)22(36)19(33)24-21(35)25-20(22)34/h2-11,36H,1H3,(H2,24,25,33,34,35)/b23-17+. The van der Waals surface area contributed by atoms with Crippen molar-refractivity contribution in [2.75, 3.05) is 0 Å². The van der Waals surface area contributed by atoms with E-state index in [0.717, 1.165) is 4.57 Å². The van der Waals surface area contributed by atoms with E-state index < -0.39 is 23.6 Å². The highest BCUT2D eigenvalue weighted by molar-refractivity contribution is 6.20. The molecule has 178 valence electrons. The number of benzene rings is 2. The summed E-state index contributed by atoms with van der Waals surface area (Å²) in [6.45, 7) is 1.78. The first-order chi connectivity index (χ1) is 17.4. The normalized spacial score (nSPS) is 15.9. The number of aliphatic hydroxyl groups is 1. The van der Waals surface area contributed by atoms with E-state index >= 15 is 0 Å². The number of rotatable bonds is 3. The van der Waals surface area contributed by atoms with Crippen LogP contribution in [0.3, 0.4) is 0 Å². The summed E-state index contributed by atoms with van der Waals surface area (Å²) in [6.07, 6.45) is 0. The van der Waals surface area contributed by atoms with Crippen LogP contribution >= 0.6 is 0 Å². The van der Waals surface area contributed by atoms with Gasteiger partial charge in [0, 0.05) is 6.07 Å². The van der Waals surface area contributed by atoms with Gasteiger partial charge in [0.1, 0.15) is 0 Å². The van der Waals surface area contributed by atoms with Gasteiger partial charge >= 0.3 is 11.8 Å². The van der Waals surface area contributed by atoms with Crippen LogP contribution in [-0.2, 0) is 15.3 Å². The highest BCUT2D eigenvalue weighted by atomic mass is 16.3. The molecule has 0 aliphatic carbocycles. The number of barbiturate groups is 1. The minimum atomic E-state index is -2.90. The zero-order chi connectivity index (χ0) is 25.0. The van der Waals surface area contributed by atoms with E-state index in [0.29, 0.717) is 22.7 Å². The average Bonchev–Trinajstić information content (AvgIpc) is 3.50. The maximum atomic E-state index is 13.0. The van der Waals surface area contributed by atoms with Crippen LogP contribution in [0.4, 0.5) is 10.6 Å². The Labute approximate surface area is 200 Å². The van der Waals surface area contributed by atoms with Gasteiger partial charge in [-0.2, -0.15) is 9.61 Å². The van der Waals surface area contributed by atoms with E-state index in [4.69, 9.17) is 4.99 Å². The molecular formula is C22H16N10O4. The Morgan fingerprint density at radius 2 is 1.61 bits per heavy atom. The number of imide groups is 2. The number of urea groups is 1. The van der Waals surface area contributed by atoms with Gasteiger partial charge in [0.05, 0.1) is 22.4 Å². The Morgan fingerprint density at radius 1 is 0.944 bits per heavy atom. The summed E-state index contributed by atoms with van der Waals surface area (Å²) in [5, 5.41) is 31.7. The van der Waals surface area contributed by atoms with Crippen molar-refractivity contribution in [3.63, 3.8) is 0 Å². The summed E-state index contributed by atoms with van der Waals surface area (Å²) in [4.78, 5) is 42.4. The van der Waals surface area contributed by atoms with Gasteiger partial charge in [0.25, 0.3) is 11.8 Å². The molecule has 4 heterocycles. The molecule has 1 aliphatic rings. The minimum Gasteiger partial charge on any atom is -0.355 e. The van der Waals surface area contributed by atoms with E-state index in [1.807, 2.05) is 41.0 Å². The summed E-state index contributed by atoms with van der Waals surface area (Å²) in [7, 11) is 0. The van der Waals surface area contributed by atoms with Crippen LogP contribution in [0.2, 0.25) is 0 Å². The molecule has 1 fully saturated rings. The third kappa shape index (κ3) is 3.01. The maximum absolute atomic E-state index is 13.0. The van der Waals surface area contributed by atoms with E-state index in [-0.39, 0.29) is 16.7 Å². The van der Waals surface area contributed by atoms with Gasteiger partial charge < -0.3 is 5.11 Å². The number of tetrazole rings is 1. The van der Waals surface area contributed by atoms with E-state index in [1.165, 1.54) is 4.52 Å². The number of nitrogens with one attached hydrogen (secondary N) is 2. The number of hydrogen-bond donors (Lipinski definition) is 3. The van der Waals surface area contributed by atoms with Crippen molar-refractivity contribution in [3.8, 4) is 5.69 Å². The molecule has 3 aromatic heterocycles. The van der Waals surface area contributed by atoms with Crippen molar-refractivity contribution < 1.29 is 19.5 Å². The molecule has 0 atom stereocenters. The zero-order valence-corrected chi connectivity index (χ0v) is 18.5. The van der Waals surface area contributed by atoms with E-state index in [2.05, 4.69) is 20.6 Å². The lowest BCUT2D eigenvalue weighted by molar-refractivity contribution is -0.165. The fourth-order valence-electron chi connectivity index (χ4n) is 4.11. The van der Waals surface area contributed by atoms with Crippen molar-refractivity contribution in [2.24, 2.45) is 4.99 Å². The van der Waals surface area contributed by atoms with Crippen LogP contribution in [0.15, 0.2) is 65.7 Å². The molecule has 2 aromatic carbocycles. The number of aryl methyl sites for hydroxylation is 1. The van der Waals surface area contributed by atoms with Crippen molar-refractivity contribution >= 4 is 40.3 Å². The molecule has 4 amide bonds. The Balaban J connectivity index is 1.77. The predicted octanol–water partition coefficient (Wildman–Crippen LogP) is -0.183. The third-order valence-corrected chi connectivity index (χ3v) is 5.68. The summed E-state index contributed by atoms with van der Waals surface area (Å²) >= 11 is 0. The number of nitrogens with zero attached hydrogens (tertiary/aromatic N) is 8. The van der Waals surface area contributed by atoms with Gasteiger partial charge in [-0.15, -0.1) is 5.10 Å². The molecule has 6 rings (SSSR count). The first-order valence-electron chi connectivity index (χ1n) is 10.7. The van der Waals surface area contributed by atoms with Crippen molar-refractivity contribution in [1.82, 2.24) is 45.0 Å². The number of amides is 4. The Hall–Kier alpha value is -5.24. The van der Waals surface area contributed by atoms with Crippen molar-refractivity contribution in [2.45, 2.75) is 12.6 Å². The topological polar surface area (TPSA) is 174 Å². The monoisotopic (exact) mass is 484 g/mol. The number of para-hydroxylation sites is 3. The SMILES string of the molecule is Cc1cc(/N=c2\c3nnnn3c3ccccc3n2C2(O)C(=O)NC(=O)NC2=O)n(-c2ccccc2)n1. The molecule has 0 unspecified atom stereocenters. The lowest BCUT2D eigenvalue weighted by Gasteiger charge is -2.32. The molecular weight excluding hydrogens is 468 g/mol. The number of fused-ring (bicyclic) bond motifs is 3. The summed E-state index contributed by atoms with van der Waals surface area (Å²) in [6, 6.07) is 16.4. The lowest BCUT2D eigenvalue weighted by atomic mass is 10.1. The molecule has 36 heavy (non-hydrogen) atoms. The van der Waals surface area contributed by atoms with Gasteiger partial charge in [-0.3, -0.25) is 24.8 Å². The van der Waals surface area contributed by atoms with Crippen molar-refractivity contribution in [1.29, 1.82) is 0 Å². The van der Waals surface area contributed by atoms with Crippen LogP contribution < -0.4 is 16.1 Å². The van der Waals surface area contributed by atoms with Crippen LogP contribution in [0.5, 0.6) is 0 Å². The average molecular weight is 484 g/mol. The number of aromatic nitrogens is 7. The molecule has 0 saturated carbocycles. The van der Waals surface area contributed by atoms with E-state index in [9.17, 15) is 19.5 Å². The highest BCUT2D eigenvalue weighted by Crippen LogP contribution is 2.24. The second kappa shape index (κ2) is 7.64. The molecule has 1 aliphatic heterocycles. The molecule has 1 saturated heterocycles.